The van der Waals surface area contributed by atoms with E-state index in [1.165, 1.54) is 12.8 Å². The average molecular weight is 164 g/mol. The quantitative estimate of drug-likeness (QED) is 0.574. The second-order valence-electron chi connectivity index (χ2n) is 3.49. The lowest BCUT2D eigenvalue weighted by atomic mass is 10.2. The smallest absolute Gasteiger partial charge is 0.0563 e. The summed E-state index contributed by atoms with van der Waals surface area (Å²) in [7, 11) is 0. The summed E-state index contributed by atoms with van der Waals surface area (Å²) in [6, 6.07) is 0. The van der Waals surface area contributed by atoms with Crippen LogP contribution in [0.4, 0.5) is 0 Å². The predicted molar refractivity (Wildman–Crippen MR) is 45.6 cm³/mol. The number of hydrogen-bond donors (Lipinski definition) is 1. The van der Waals surface area contributed by atoms with Gasteiger partial charge in [-0.3, -0.25) is 0 Å². The normalized spacial score (nSPS) is 16.4. The summed E-state index contributed by atoms with van der Waals surface area (Å²) in [5.74, 6) is 0. The van der Waals surface area contributed by atoms with Crippen LogP contribution in [0, 0.1) is 0 Å². The lowest BCUT2D eigenvalue weighted by Gasteiger charge is -2.04. The van der Waals surface area contributed by atoms with Gasteiger partial charge in [-0.15, -0.1) is 0 Å². The predicted octanol–water partition coefficient (Wildman–Crippen LogP) is 0.749. The Morgan fingerprint density at radius 1 is 1.09 bits per heavy atom. The van der Waals surface area contributed by atoms with Gasteiger partial charge in [-0.1, -0.05) is 0 Å². The van der Waals surface area contributed by atoms with Gasteiger partial charge < -0.3 is 15.3 Å². The van der Waals surface area contributed by atoms with Crippen LogP contribution in [0.3, 0.4) is 0 Å². The zero-order chi connectivity index (χ0) is 8.04. The van der Waals surface area contributed by atoms with Crippen molar-refractivity contribution in [3.63, 3.8) is 0 Å². The number of rotatable bonds is 0. The molecule has 3 nitrogen and oxygen atoms in total. The number of hydrogen-bond acceptors (Lipinski definition) is 2. The van der Waals surface area contributed by atoms with Crippen molar-refractivity contribution in [3.05, 3.63) is 0 Å². The highest BCUT2D eigenvalue weighted by Crippen LogP contribution is 1.98. The van der Waals surface area contributed by atoms with Gasteiger partial charge in [0.15, 0.2) is 0 Å². The largest absolute Gasteiger partial charge is 0.412 e. The SMILES string of the molecule is C1CCOC1.CC(C)(C)O.O. The molecule has 3 heteroatoms. The fourth-order valence-electron chi connectivity index (χ4n) is 0.510. The molecule has 1 heterocycles. The number of aliphatic hydroxyl groups is 1. The van der Waals surface area contributed by atoms with Crippen molar-refractivity contribution in [2.75, 3.05) is 13.2 Å². The van der Waals surface area contributed by atoms with E-state index in [2.05, 4.69) is 0 Å². The lowest BCUT2D eigenvalue weighted by Crippen LogP contribution is -2.10. The maximum atomic E-state index is 8.52. The van der Waals surface area contributed by atoms with Crippen LogP contribution in [0.2, 0.25) is 0 Å². The third kappa shape index (κ3) is 25.8. The van der Waals surface area contributed by atoms with Gasteiger partial charge in [-0.25, -0.2) is 0 Å². The second kappa shape index (κ2) is 6.58. The molecule has 0 aromatic rings. The van der Waals surface area contributed by atoms with E-state index in [-0.39, 0.29) is 5.48 Å². The van der Waals surface area contributed by atoms with Crippen molar-refractivity contribution in [3.8, 4) is 0 Å². The first-order valence-electron chi connectivity index (χ1n) is 3.80. The Balaban J connectivity index is 0. The Labute approximate surface area is 68.7 Å². The van der Waals surface area contributed by atoms with Crippen molar-refractivity contribution in [2.45, 2.75) is 39.2 Å². The zero-order valence-corrected chi connectivity index (χ0v) is 7.68. The fourth-order valence-corrected chi connectivity index (χ4v) is 0.510. The minimum Gasteiger partial charge on any atom is -0.412 e. The standard InChI is InChI=1S/C4H8O.C4H10O.H2O/c1-2-4-5-3-1;1-4(2,3)5;/h1-4H2;5H,1-3H3;1H2. The van der Waals surface area contributed by atoms with Gasteiger partial charge in [0, 0.05) is 13.2 Å². The van der Waals surface area contributed by atoms with Crippen LogP contribution in [0.25, 0.3) is 0 Å². The van der Waals surface area contributed by atoms with E-state index >= 15 is 0 Å². The molecule has 1 rings (SSSR count). The molecule has 1 aliphatic rings. The molecular formula is C8H20O3. The lowest BCUT2D eigenvalue weighted by molar-refractivity contribution is 0.102. The highest BCUT2D eigenvalue weighted by atomic mass is 16.5. The minimum absolute atomic E-state index is 0. The Hall–Kier alpha value is -0.120. The summed E-state index contributed by atoms with van der Waals surface area (Å²) in [5, 5.41) is 8.52. The molecule has 0 saturated carbocycles. The molecule has 1 saturated heterocycles. The van der Waals surface area contributed by atoms with Crippen LogP contribution >= 0.6 is 0 Å². The minimum atomic E-state index is -0.500. The third-order valence-electron chi connectivity index (χ3n) is 0.827. The summed E-state index contributed by atoms with van der Waals surface area (Å²) in [5.41, 5.74) is -0.500. The molecule has 0 aliphatic carbocycles. The van der Waals surface area contributed by atoms with Gasteiger partial charge >= 0.3 is 0 Å². The summed E-state index contributed by atoms with van der Waals surface area (Å²) in [6.45, 7) is 7.23. The van der Waals surface area contributed by atoms with Gasteiger partial charge in [-0.2, -0.15) is 0 Å². The van der Waals surface area contributed by atoms with Crippen LogP contribution in [0.5, 0.6) is 0 Å². The second-order valence-corrected chi connectivity index (χ2v) is 3.49. The van der Waals surface area contributed by atoms with Crippen LogP contribution in [0.1, 0.15) is 33.6 Å². The molecule has 0 spiro atoms. The number of ether oxygens (including phenoxy) is 1. The average Bonchev–Trinajstić information content (AvgIpc) is 2.07. The summed E-state index contributed by atoms with van der Waals surface area (Å²) in [6.07, 6.45) is 2.56. The molecule has 1 fully saturated rings. The topological polar surface area (TPSA) is 61.0 Å². The summed E-state index contributed by atoms with van der Waals surface area (Å²) < 4.78 is 4.94. The molecule has 0 aromatic heterocycles. The van der Waals surface area contributed by atoms with Gasteiger partial charge in [0.05, 0.1) is 5.60 Å². The molecule has 0 amide bonds. The molecule has 1 aliphatic heterocycles. The van der Waals surface area contributed by atoms with E-state index in [1.54, 1.807) is 20.8 Å². The molecule has 0 atom stereocenters. The molecule has 0 unspecified atom stereocenters. The molecule has 3 N–H and O–H groups in total. The van der Waals surface area contributed by atoms with E-state index in [0.29, 0.717) is 0 Å². The van der Waals surface area contributed by atoms with Gasteiger partial charge in [0.2, 0.25) is 0 Å². The van der Waals surface area contributed by atoms with E-state index in [0.717, 1.165) is 13.2 Å². The molecule has 11 heavy (non-hydrogen) atoms. The van der Waals surface area contributed by atoms with Gasteiger partial charge in [0.1, 0.15) is 0 Å². The van der Waals surface area contributed by atoms with Crippen molar-refractivity contribution in [2.24, 2.45) is 0 Å². The molecule has 0 aromatic carbocycles. The first-order chi connectivity index (χ1) is 4.50. The van der Waals surface area contributed by atoms with Gasteiger partial charge in [-0.05, 0) is 33.6 Å². The van der Waals surface area contributed by atoms with Crippen molar-refractivity contribution < 1.29 is 15.3 Å². The van der Waals surface area contributed by atoms with Crippen molar-refractivity contribution >= 4 is 0 Å². The Bertz CT molecular complexity index is 58.3. The molecular weight excluding hydrogens is 144 g/mol. The monoisotopic (exact) mass is 164 g/mol. The maximum absolute atomic E-state index is 8.52. The van der Waals surface area contributed by atoms with Crippen LogP contribution in [-0.4, -0.2) is 29.4 Å². The Morgan fingerprint density at radius 3 is 1.45 bits per heavy atom. The van der Waals surface area contributed by atoms with Crippen LogP contribution < -0.4 is 0 Å². The Kier molecular flexibility index (Phi) is 8.06. The van der Waals surface area contributed by atoms with Gasteiger partial charge in [0.25, 0.3) is 0 Å². The molecule has 0 bridgehead atoms. The van der Waals surface area contributed by atoms with Crippen molar-refractivity contribution in [1.82, 2.24) is 0 Å². The molecule has 70 valence electrons. The highest BCUT2D eigenvalue weighted by Gasteiger charge is 1.97. The van der Waals surface area contributed by atoms with E-state index in [1.807, 2.05) is 0 Å². The van der Waals surface area contributed by atoms with E-state index in [9.17, 15) is 0 Å². The fraction of sp³-hybridized carbons (Fsp3) is 1.00. The third-order valence-corrected chi connectivity index (χ3v) is 0.827. The summed E-state index contributed by atoms with van der Waals surface area (Å²) >= 11 is 0. The molecule has 0 radical (unpaired) electrons. The zero-order valence-electron chi connectivity index (χ0n) is 7.68. The van der Waals surface area contributed by atoms with Crippen molar-refractivity contribution in [1.29, 1.82) is 0 Å². The first-order valence-corrected chi connectivity index (χ1v) is 3.80. The maximum Gasteiger partial charge on any atom is 0.0563 e. The van der Waals surface area contributed by atoms with Crippen LogP contribution in [0.15, 0.2) is 0 Å². The first kappa shape index (κ1) is 13.5. The van der Waals surface area contributed by atoms with Crippen LogP contribution in [-0.2, 0) is 4.74 Å². The summed E-state index contributed by atoms with van der Waals surface area (Å²) in [4.78, 5) is 0. The highest BCUT2D eigenvalue weighted by molar-refractivity contribution is 4.50. The Morgan fingerprint density at radius 2 is 1.36 bits per heavy atom. The van der Waals surface area contributed by atoms with E-state index in [4.69, 9.17) is 9.84 Å². The van der Waals surface area contributed by atoms with E-state index < -0.39 is 5.60 Å².